The molecular weight excluding hydrogens is 496 g/mol. The lowest BCUT2D eigenvalue weighted by molar-refractivity contribution is -0.169. The Morgan fingerprint density at radius 1 is 1.03 bits per heavy atom. The maximum atomic E-state index is 12.0. The van der Waals surface area contributed by atoms with Gasteiger partial charge in [0.25, 0.3) is 0 Å². The van der Waals surface area contributed by atoms with E-state index in [0.717, 1.165) is 50.5 Å². The van der Waals surface area contributed by atoms with Gasteiger partial charge < -0.3 is 14.5 Å². The molecule has 0 radical (unpaired) electrons. The highest BCUT2D eigenvalue weighted by Gasteiger charge is 2.51. The summed E-state index contributed by atoms with van der Waals surface area (Å²) < 4.78 is 11.8. The van der Waals surface area contributed by atoms with E-state index in [9.17, 15) is 4.79 Å². The Morgan fingerprint density at radius 2 is 1.74 bits per heavy atom. The topological polar surface area (TPSA) is 90.0 Å². The molecule has 8 heteroatoms. The summed E-state index contributed by atoms with van der Waals surface area (Å²) in [5, 5.41) is 10.6. The fraction of sp³-hybridized carbons (Fsp3) is 0.600. The predicted molar refractivity (Wildman–Crippen MR) is 146 cm³/mol. The largest absolute Gasteiger partial charge is 0.465 e. The van der Waals surface area contributed by atoms with Gasteiger partial charge in [-0.2, -0.15) is 0 Å². The highest BCUT2D eigenvalue weighted by Crippen LogP contribution is 2.57. The average molecular weight is 533 g/mol. The van der Waals surface area contributed by atoms with Crippen LogP contribution in [0.5, 0.6) is 0 Å². The number of ether oxygens (including phenoxy) is 2. The van der Waals surface area contributed by atoms with Crippen molar-refractivity contribution in [3.63, 3.8) is 0 Å². The van der Waals surface area contributed by atoms with Gasteiger partial charge in [0, 0.05) is 11.5 Å². The summed E-state index contributed by atoms with van der Waals surface area (Å²) in [5.41, 5.74) is 3.32. The van der Waals surface area contributed by atoms with E-state index in [1.807, 2.05) is 18.2 Å². The molecule has 5 fully saturated rings. The predicted octanol–water partition coefficient (Wildman–Crippen LogP) is 6.91. The Bertz CT molecular complexity index is 1290. The van der Waals surface area contributed by atoms with Crippen LogP contribution in [0.3, 0.4) is 0 Å². The smallest absolute Gasteiger partial charge is 0.337 e. The molecule has 1 aromatic carbocycles. The molecule has 0 aliphatic heterocycles. The molecule has 4 bridgehead atoms. The van der Waals surface area contributed by atoms with E-state index in [4.69, 9.17) is 14.5 Å². The van der Waals surface area contributed by atoms with Gasteiger partial charge in [-0.15, -0.1) is 10.2 Å². The van der Waals surface area contributed by atoms with E-state index >= 15 is 0 Å². The van der Waals surface area contributed by atoms with Crippen LogP contribution in [0.1, 0.15) is 98.4 Å². The van der Waals surface area contributed by atoms with Crippen molar-refractivity contribution in [2.45, 2.75) is 88.8 Å². The molecular formula is C30H36N4O3S. The van der Waals surface area contributed by atoms with Gasteiger partial charge >= 0.3 is 5.97 Å². The number of nitrogens with zero attached hydrogens (tertiary/aromatic N) is 3. The minimum absolute atomic E-state index is 0.0444. The van der Waals surface area contributed by atoms with Crippen LogP contribution in [0.25, 0.3) is 21.3 Å². The first-order chi connectivity index (χ1) is 18.6. The summed E-state index contributed by atoms with van der Waals surface area (Å²) in [6, 6.07) is 7.36. The molecule has 2 heterocycles. The Morgan fingerprint density at radius 3 is 2.45 bits per heavy atom. The maximum absolute atomic E-state index is 12.0. The summed E-state index contributed by atoms with van der Waals surface area (Å²) >= 11 is 1.51. The molecule has 5 aliphatic carbocycles. The number of aromatic nitrogens is 4. The van der Waals surface area contributed by atoms with Crippen molar-refractivity contribution < 1.29 is 14.3 Å². The Kier molecular flexibility index (Phi) is 6.35. The van der Waals surface area contributed by atoms with Crippen LogP contribution in [0.2, 0.25) is 0 Å². The molecule has 3 aromatic rings. The van der Waals surface area contributed by atoms with Crippen molar-refractivity contribution in [1.82, 2.24) is 20.2 Å². The number of carbonyl (C=O) groups excluding carboxylic acids is 1. The van der Waals surface area contributed by atoms with Crippen molar-refractivity contribution in [3.05, 3.63) is 41.3 Å². The van der Waals surface area contributed by atoms with E-state index in [-0.39, 0.29) is 11.6 Å². The molecule has 8 rings (SSSR count). The van der Waals surface area contributed by atoms with Crippen LogP contribution in [0.4, 0.5) is 0 Å². The number of nitrogens with one attached hydrogen (secondary N) is 1. The standard InChI is InChI=1S/C30H36N4O3S/c1-36-29(35)23-9-5-8-22(13-23)27-33-34-28(38-27)25-24(31-26(32-25)21-6-3-2-4-7-21)17-37-30-14-18-10-19(15-30)12-20(11-18)16-30/h5,8-9,13,18-21H,2-4,6-7,10-12,14-17H2,1H3,(H,31,32). The van der Waals surface area contributed by atoms with E-state index in [2.05, 4.69) is 15.2 Å². The minimum Gasteiger partial charge on any atom is -0.465 e. The number of rotatable bonds is 7. The molecule has 2 aromatic heterocycles. The summed E-state index contributed by atoms with van der Waals surface area (Å²) in [5.74, 6) is 3.75. The second-order valence-corrected chi connectivity index (χ2v) is 13.1. The minimum atomic E-state index is -0.356. The third kappa shape index (κ3) is 4.60. The van der Waals surface area contributed by atoms with Crippen LogP contribution in [0, 0.1) is 17.8 Å². The van der Waals surface area contributed by atoms with Gasteiger partial charge in [0.2, 0.25) is 0 Å². The number of H-pyrrole nitrogens is 1. The Balaban J connectivity index is 1.18. The van der Waals surface area contributed by atoms with E-state index in [0.29, 0.717) is 18.1 Å². The zero-order valence-corrected chi connectivity index (χ0v) is 22.9. The lowest BCUT2D eigenvalue weighted by Gasteiger charge is -2.56. The normalized spacial score (nSPS) is 28.6. The van der Waals surface area contributed by atoms with E-state index < -0.39 is 0 Å². The first-order valence-electron chi connectivity index (χ1n) is 14.3. The molecule has 0 amide bonds. The monoisotopic (exact) mass is 532 g/mol. The van der Waals surface area contributed by atoms with Crippen LogP contribution in [0.15, 0.2) is 24.3 Å². The molecule has 38 heavy (non-hydrogen) atoms. The molecule has 1 N–H and O–H groups in total. The van der Waals surface area contributed by atoms with Gasteiger partial charge in [-0.3, -0.25) is 0 Å². The maximum Gasteiger partial charge on any atom is 0.337 e. The first kappa shape index (κ1) is 24.5. The highest BCUT2D eigenvalue weighted by molar-refractivity contribution is 7.17. The quantitative estimate of drug-likeness (QED) is 0.332. The Labute approximate surface area is 227 Å². The lowest BCUT2D eigenvalue weighted by atomic mass is 9.54. The second kappa shape index (κ2) is 9.87. The van der Waals surface area contributed by atoms with E-state index in [1.54, 1.807) is 6.07 Å². The summed E-state index contributed by atoms with van der Waals surface area (Å²) in [6.07, 6.45) is 14.1. The van der Waals surface area contributed by atoms with Gasteiger partial charge in [0.05, 0.1) is 30.6 Å². The number of esters is 1. The lowest BCUT2D eigenvalue weighted by Crippen LogP contribution is -2.51. The first-order valence-corrected chi connectivity index (χ1v) is 15.1. The molecule has 0 spiro atoms. The number of imidazole rings is 1. The summed E-state index contributed by atoms with van der Waals surface area (Å²) in [6.45, 7) is 0.550. The average Bonchev–Trinajstić information content (AvgIpc) is 3.59. The molecule has 0 saturated heterocycles. The van der Waals surface area contributed by atoms with Crippen molar-refractivity contribution in [3.8, 4) is 21.3 Å². The number of methoxy groups -OCH3 is 1. The summed E-state index contributed by atoms with van der Waals surface area (Å²) in [7, 11) is 1.40. The van der Waals surface area contributed by atoms with Crippen LogP contribution < -0.4 is 0 Å². The van der Waals surface area contributed by atoms with Gasteiger partial charge in [-0.1, -0.05) is 42.7 Å². The molecule has 200 valence electrons. The van der Waals surface area contributed by atoms with Crippen LogP contribution in [-0.4, -0.2) is 38.8 Å². The third-order valence-electron chi connectivity index (χ3n) is 9.45. The van der Waals surface area contributed by atoms with Crippen molar-refractivity contribution >= 4 is 17.3 Å². The van der Waals surface area contributed by atoms with Crippen LogP contribution >= 0.6 is 11.3 Å². The zero-order chi connectivity index (χ0) is 25.7. The summed E-state index contributed by atoms with van der Waals surface area (Å²) in [4.78, 5) is 20.9. The number of aromatic amines is 1. The van der Waals surface area contributed by atoms with Gasteiger partial charge in [0.15, 0.2) is 5.01 Å². The fourth-order valence-electron chi connectivity index (χ4n) is 8.05. The number of carbonyl (C=O) groups is 1. The van der Waals surface area contributed by atoms with Gasteiger partial charge in [-0.05, 0) is 81.3 Å². The van der Waals surface area contributed by atoms with Crippen LogP contribution in [-0.2, 0) is 16.1 Å². The molecule has 0 atom stereocenters. The van der Waals surface area contributed by atoms with Crippen molar-refractivity contribution in [2.24, 2.45) is 17.8 Å². The molecule has 7 nitrogen and oxygen atoms in total. The SMILES string of the molecule is COC(=O)c1cccc(-c2nnc(-c3nc(C4CCCCC4)[nH]c3COC34CC5CC(CC(C5)C3)C4)s2)c1. The number of hydrogen-bond acceptors (Lipinski definition) is 7. The molecule has 0 unspecified atom stereocenters. The zero-order valence-electron chi connectivity index (χ0n) is 22.1. The highest BCUT2D eigenvalue weighted by atomic mass is 32.1. The van der Waals surface area contributed by atoms with Gasteiger partial charge in [-0.25, -0.2) is 9.78 Å². The van der Waals surface area contributed by atoms with Gasteiger partial charge in [0.1, 0.15) is 16.5 Å². The third-order valence-corrected chi connectivity index (χ3v) is 10.4. The Hall–Kier alpha value is -2.58. The van der Waals surface area contributed by atoms with E-state index in [1.165, 1.54) is 89.1 Å². The number of hydrogen-bond donors (Lipinski definition) is 1. The van der Waals surface area contributed by atoms with Crippen molar-refractivity contribution in [1.29, 1.82) is 0 Å². The number of benzene rings is 1. The molecule has 5 saturated carbocycles. The fourth-order valence-corrected chi connectivity index (χ4v) is 8.90. The van der Waals surface area contributed by atoms with Crippen molar-refractivity contribution in [2.75, 3.05) is 7.11 Å². The molecule has 5 aliphatic rings. The second-order valence-electron chi connectivity index (χ2n) is 12.2.